The molecule has 0 radical (unpaired) electrons. The number of nitrogens with one attached hydrogen (secondary N) is 2. The zero-order valence-corrected chi connectivity index (χ0v) is 27.2. The highest BCUT2D eigenvalue weighted by Gasteiger charge is 2.28. The Labute approximate surface area is 276 Å². The Balaban J connectivity index is 0.00000357. The minimum atomic E-state index is -3.79. The molecule has 0 bridgehead atoms. The molecule has 1 amide bonds. The summed E-state index contributed by atoms with van der Waals surface area (Å²) in [6.45, 7) is 2.56. The number of nitrogens with zero attached hydrogens (tertiary/aromatic N) is 2. The third kappa shape index (κ3) is 6.66. The molecule has 4 aromatic carbocycles. The number of hydrogen-bond donors (Lipinski definition) is 2. The zero-order chi connectivity index (χ0) is 30.1. The van der Waals surface area contributed by atoms with E-state index in [2.05, 4.69) is 45.3 Å². The molecule has 2 aromatic heterocycles. The lowest BCUT2D eigenvalue weighted by Crippen LogP contribution is -2.29. The quantitative estimate of drug-likeness (QED) is 0.171. The summed E-state index contributed by atoms with van der Waals surface area (Å²) in [5.74, 6) is -0.312. The van der Waals surface area contributed by atoms with Crippen LogP contribution in [-0.2, 0) is 29.5 Å². The van der Waals surface area contributed by atoms with Gasteiger partial charge in [0.2, 0.25) is 0 Å². The van der Waals surface area contributed by atoms with E-state index in [4.69, 9.17) is 4.98 Å². The number of hydrogen-bond acceptors (Lipinski definition) is 7. The first-order chi connectivity index (χ1) is 21.4. The monoisotopic (exact) mass is 672 g/mol. The van der Waals surface area contributed by atoms with Crippen LogP contribution < -0.4 is 10.0 Å². The highest BCUT2D eigenvalue weighted by molar-refractivity contribution is 7.92. The summed E-state index contributed by atoms with van der Waals surface area (Å²) in [6, 6.07) is 33.2. The summed E-state index contributed by atoms with van der Waals surface area (Å²) in [6.07, 6.45) is 0.858. The van der Waals surface area contributed by atoms with Crippen molar-refractivity contribution in [2.24, 2.45) is 0 Å². The Bertz CT molecular complexity index is 2050. The van der Waals surface area contributed by atoms with Crippen LogP contribution in [0.1, 0.15) is 26.4 Å². The van der Waals surface area contributed by atoms with Crippen LogP contribution in [0, 0.1) is 0 Å². The first-order valence-corrected chi connectivity index (χ1v) is 17.3. The van der Waals surface area contributed by atoms with Gasteiger partial charge in [-0.25, -0.2) is 13.4 Å². The molecule has 6 aromatic rings. The smallest absolute Gasteiger partial charge is 0.261 e. The molecule has 3 heterocycles. The number of anilines is 2. The average Bonchev–Trinajstić information content (AvgIpc) is 3.62. The van der Waals surface area contributed by atoms with E-state index in [1.54, 1.807) is 65.1 Å². The SMILES string of the molecule is Cl.O=C(Nc1sc2c(c1-c1nc3ccccc3s1)CCN(Cc1ccccc1)C2)c1cccc(NS(=O)(=O)c2ccccc2)c1. The number of benzene rings is 4. The molecule has 0 spiro atoms. The Morgan fingerprint density at radius 3 is 2.38 bits per heavy atom. The number of thiazole rings is 1. The van der Waals surface area contributed by atoms with Gasteiger partial charge in [-0.3, -0.25) is 14.4 Å². The second kappa shape index (κ2) is 13.1. The lowest BCUT2D eigenvalue weighted by molar-refractivity contribution is 0.102. The van der Waals surface area contributed by atoms with Crippen molar-refractivity contribution in [2.45, 2.75) is 24.4 Å². The van der Waals surface area contributed by atoms with Gasteiger partial charge in [-0.1, -0.05) is 66.7 Å². The molecule has 0 atom stereocenters. The first-order valence-electron chi connectivity index (χ1n) is 14.2. The normalized spacial score (nSPS) is 13.2. The van der Waals surface area contributed by atoms with Gasteiger partial charge < -0.3 is 5.32 Å². The highest BCUT2D eigenvalue weighted by Crippen LogP contribution is 2.46. The Hall–Kier alpha value is -4.06. The molecule has 0 fully saturated rings. The average molecular weight is 673 g/mol. The first kappa shape index (κ1) is 30.9. The van der Waals surface area contributed by atoms with Crippen LogP contribution in [0.3, 0.4) is 0 Å². The van der Waals surface area contributed by atoms with Crippen LogP contribution in [0.5, 0.6) is 0 Å². The largest absolute Gasteiger partial charge is 0.313 e. The molecule has 2 N–H and O–H groups in total. The van der Waals surface area contributed by atoms with Gasteiger partial charge in [0.05, 0.1) is 15.1 Å². The number of sulfonamides is 1. The number of fused-ring (bicyclic) bond motifs is 2. The maximum atomic E-state index is 13.7. The molecule has 1 aliphatic heterocycles. The van der Waals surface area contributed by atoms with Gasteiger partial charge in [0.1, 0.15) is 10.0 Å². The van der Waals surface area contributed by atoms with E-state index in [1.165, 1.54) is 28.1 Å². The van der Waals surface area contributed by atoms with Crippen molar-refractivity contribution >= 4 is 71.9 Å². The summed E-state index contributed by atoms with van der Waals surface area (Å²) >= 11 is 3.23. The molecule has 0 saturated heterocycles. The van der Waals surface area contributed by atoms with Gasteiger partial charge >= 0.3 is 0 Å². The van der Waals surface area contributed by atoms with Crippen molar-refractivity contribution < 1.29 is 13.2 Å². The van der Waals surface area contributed by atoms with Crippen LogP contribution in [0.15, 0.2) is 114 Å². The van der Waals surface area contributed by atoms with Gasteiger partial charge in [0.25, 0.3) is 15.9 Å². The van der Waals surface area contributed by atoms with Crippen LogP contribution in [-0.4, -0.2) is 30.8 Å². The molecule has 1 aliphatic rings. The van der Waals surface area contributed by atoms with E-state index in [0.29, 0.717) is 11.3 Å². The Kier molecular flexibility index (Phi) is 9.02. The number of rotatable bonds is 8. The molecule has 0 saturated carbocycles. The maximum absolute atomic E-state index is 13.7. The zero-order valence-electron chi connectivity index (χ0n) is 24.0. The fourth-order valence-electron chi connectivity index (χ4n) is 5.44. The third-order valence-corrected chi connectivity index (χ3v) is 11.1. The third-order valence-electron chi connectivity index (χ3n) is 7.55. The molecule has 7 nitrogen and oxygen atoms in total. The lowest BCUT2D eigenvalue weighted by atomic mass is 10.0. The van der Waals surface area contributed by atoms with Crippen LogP contribution in [0.25, 0.3) is 20.8 Å². The molecule has 7 rings (SSSR count). The number of amides is 1. The van der Waals surface area contributed by atoms with E-state index >= 15 is 0 Å². The molecular weight excluding hydrogens is 644 g/mol. The van der Waals surface area contributed by atoms with Gasteiger partial charge in [-0.15, -0.1) is 35.1 Å². The predicted octanol–water partition coefficient (Wildman–Crippen LogP) is 8.06. The van der Waals surface area contributed by atoms with Crippen LogP contribution in [0.2, 0.25) is 0 Å². The molecule has 45 heavy (non-hydrogen) atoms. The summed E-state index contributed by atoms with van der Waals surface area (Å²) < 4.78 is 29.5. The number of para-hydroxylation sites is 1. The van der Waals surface area contributed by atoms with Crippen molar-refractivity contribution in [2.75, 3.05) is 16.6 Å². The summed E-state index contributed by atoms with van der Waals surface area (Å²) in [5, 5.41) is 4.81. The Morgan fingerprint density at radius 2 is 1.60 bits per heavy atom. The molecule has 0 unspecified atom stereocenters. The van der Waals surface area contributed by atoms with Gasteiger partial charge in [-0.2, -0.15) is 0 Å². The standard InChI is InChI=1S/C34H28N4O3S3.ClH/c39-32(24-12-9-13-25(20-24)37-44(40,41)26-14-5-2-6-15-26)36-34-31(33-35-28-16-7-8-17-29(28)42-33)27-18-19-38(22-30(27)43-34)21-23-10-3-1-4-11-23;/h1-17,20,37H,18-19,21-22H2,(H,36,39);1H. The number of carbonyl (C=O) groups is 1. The fourth-order valence-corrected chi connectivity index (χ4v) is 8.91. The minimum Gasteiger partial charge on any atom is -0.313 e. The second-order valence-electron chi connectivity index (χ2n) is 10.6. The van der Waals surface area contributed by atoms with Crippen LogP contribution in [0.4, 0.5) is 10.7 Å². The van der Waals surface area contributed by atoms with Crippen molar-refractivity contribution in [3.05, 3.63) is 131 Å². The fraction of sp³-hybridized carbons (Fsp3) is 0.118. The molecule has 11 heteroatoms. The number of aromatic nitrogens is 1. The van der Waals surface area contributed by atoms with Gasteiger partial charge in [0, 0.05) is 41.3 Å². The lowest BCUT2D eigenvalue weighted by Gasteiger charge is -2.27. The van der Waals surface area contributed by atoms with E-state index < -0.39 is 10.0 Å². The van der Waals surface area contributed by atoms with Gasteiger partial charge in [0.15, 0.2) is 0 Å². The Morgan fingerprint density at radius 1 is 0.867 bits per heavy atom. The number of halogens is 1. The second-order valence-corrected chi connectivity index (χ2v) is 14.4. The van der Waals surface area contributed by atoms with Gasteiger partial charge in [-0.05, 0) is 60.0 Å². The topological polar surface area (TPSA) is 91.4 Å². The van der Waals surface area contributed by atoms with E-state index in [9.17, 15) is 13.2 Å². The number of thiophene rings is 1. The predicted molar refractivity (Wildman–Crippen MR) is 186 cm³/mol. The van der Waals surface area contributed by atoms with E-state index in [-0.39, 0.29) is 23.2 Å². The van der Waals surface area contributed by atoms with E-state index in [1.807, 2.05) is 24.3 Å². The van der Waals surface area contributed by atoms with Crippen LogP contribution >= 0.6 is 35.1 Å². The summed E-state index contributed by atoms with van der Waals surface area (Å²) in [5.41, 5.74) is 5.10. The van der Waals surface area contributed by atoms with Crippen molar-refractivity contribution in [3.63, 3.8) is 0 Å². The highest BCUT2D eigenvalue weighted by atomic mass is 35.5. The molecule has 228 valence electrons. The van der Waals surface area contributed by atoms with Crippen molar-refractivity contribution in [1.82, 2.24) is 9.88 Å². The summed E-state index contributed by atoms with van der Waals surface area (Å²) in [7, 11) is -3.79. The molecular formula is C34H29ClN4O3S3. The van der Waals surface area contributed by atoms with E-state index in [0.717, 1.165) is 51.8 Å². The maximum Gasteiger partial charge on any atom is 0.261 e. The summed E-state index contributed by atoms with van der Waals surface area (Å²) in [4.78, 5) is 22.4. The molecule has 0 aliphatic carbocycles. The number of carbonyl (C=O) groups excluding carboxylic acids is 1. The van der Waals surface area contributed by atoms with Crippen molar-refractivity contribution in [3.8, 4) is 10.6 Å². The van der Waals surface area contributed by atoms with Crippen molar-refractivity contribution in [1.29, 1.82) is 0 Å². The minimum absolute atomic E-state index is 0.